The number of carbonyl (C=O) groups is 3. The minimum absolute atomic E-state index is 0.00572. The van der Waals surface area contributed by atoms with Crippen LogP contribution in [-0.2, 0) is 29.4 Å². The highest BCUT2D eigenvalue weighted by atomic mass is 35.5. The van der Waals surface area contributed by atoms with Crippen LogP contribution in [0.5, 0.6) is 0 Å². The molecule has 5 rings (SSSR count). The third-order valence-corrected chi connectivity index (χ3v) is 6.40. The third kappa shape index (κ3) is 3.00. The quantitative estimate of drug-likeness (QED) is 0.532. The van der Waals surface area contributed by atoms with Gasteiger partial charge in [0.1, 0.15) is 0 Å². The topological polar surface area (TPSA) is 93.7 Å². The summed E-state index contributed by atoms with van der Waals surface area (Å²) >= 11 is 6.39. The number of fused-ring (bicyclic) bond motifs is 5. The molecule has 1 unspecified atom stereocenters. The molecule has 2 N–H and O–H groups in total. The highest BCUT2D eigenvalue weighted by Crippen LogP contribution is 2.53. The van der Waals surface area contributed by atoms with Crippen LogP contribution in [0, 0.1) is 0 Å². The van der Waals surface area contributed by atoms with Crippen molar-refractivity contribution in [2.75, 3.05) is 23.8 Å². The van der Waals surface area contributed by atoms with Crippen molar-refractivity contribution in [1.29, 1.82) is 0 Å². The summed E-state index contributed by atoms with van der Waals surface area (Å²) in [6.07, 6.45) is 0. The zero-order valence-electron chi connectivity index (χ0n) is 18.5. The fraction of sp³-hybridized carbons (Fsp3) is 0.192. The summed E-state index contributed by atoms with van der Waals surface area (Å²) in [6.45, 7) is 3.49. The average Bonchev–Trinajstić information content (AvgIpc) is 3.11. The van der Waals surface area contributed by atoms with E-state index in [9.17, 15) is 14.4 Å². The number of nitrogens with one attached hydrogen (secondary N) is 2. The van der Waals surface area contributed by atoms with Crippen LogP contribution in [0.3, 0.4) is 0 Å². The van der Waals surface area contributed by atoms with Gasteiger partial charge in [-0.25, -0.2) is 9.59 Å². The Morgan fingerprint density at radius 3 is 2.44 bits per heavy atom. The molecule has 1 spiro atoms. The second-order valence-electron chi connectivity index (χ2n) is 7.89. The van der Waals surface area contributed by atoms with Crippen LogP contribution in [0.4, 0.5) is 11.4 Å². The lowest BCUT2D eigenvalue weighted by Crippen LogP contribution is -2.49. The normalized spacial score (nSPS) is 18.3. The van der Waals surface area contributed by atoms with E-state index in [0.29, 0.717) is 27.5 Å². The Kier molecular flexibility index (Phi) is 5.29. The first-order chi connectivity index (χ1) is 16.4. The SMILES string of the molecule is CCOC(=O)C1=C(C(=O)OCC)C2(Nc3ccc4ccccc4c31)C(=O)Nc1c(Cl)cccc12. The van der Waals surface area contributed by atoms with E-state index in [1.165, 1.54) is 0 Å². The van der Waals surface area contributed by atoms with Crippen LogP contribution in [0.2, 0.25) is 5.02 Å². The molecule has 0 aliphatic carbocycles. The standard InChI is InChI=1S/C26H21ClN2O5/c1-3-33-23(30)20-19-15-9-6-5-8-14(15)12-13-18(19)29-26(21(20)24(31)34-4-2)16-10-7-11-17(27)22(16)28-25(26)32/h5-13,29H,3-4H2,1-2H3,(H,28,32). The van der Waals surface area contributed by atoms with E-state index < -0.39 is 23.4 Å². The van der Waals surface area contributed by atoms with Crippen LogP contribution in [-0.4, -0.2) is 31.1 Å². The second-order valence-corrected chi connectivity index (χ2v) is 8.30. The number of amides is 1. The van der Waals surface area contributed by atoms with Crippen LogP contribution in [0.25, 0.3) is 16.3 Å². The molecule has 3 aromatic carbocycles. The van der Waals surface area contributed by atoms with Crippen molar-refractivity contribution in [3.63, 3.8) is 0 Å². The van der Waals surface area contributed by atoms with E-state index in [2.05, 4.69) is 10.6 Å². The first kappa shape index (κ1) is 22.0. The van der Waals surface area contributed by atoms with Gasteiger partial charge in [-0.15, -0.1) is 0 Å². The Morgan fingerprint density at radius 2 is 1.68 bits per heavy atom. The van der Waals surface area contributed by atoms with E-state index in [1.54, 1.807) is 38.1 Å². The maximum atomic E-state index is 13.7. The highest BCUT2D eigenvalue weighted by molar-refractivity contribution is 6.37. The molecule has 2 aliphatic heterocycles. The lowest BCUT2D eigenvalue weighted by atomic mass is 9.75. The summed E-state index contributed by atoms with van der Waals surface area (Å²) < 4.78 is 10.8. The molecular formula is C26H21ClN2O5. The smallest absolute Gasteiger partial charge is 0.339 e. The largest absolute Gasteiger partial charge is 0.463 e. The molecule has 172 valence electrons. The lowest BCUT2D eigenvalue weighted by Gasteiger charge is -2.37. The van der Waals surface area contributed by atoms with Crippen molar-refractivity contribution >= 4 is 57.2 Å². The number of carbonyl (C=O) groups excluding carboxylic acids is 3. The van der Waals surface area contributed by atoms with E-state index in [-0.39, 0.29) is 24.4 Å². The van der Waals surface area contributed by atoms with Crippen LogP contribution < -0.4 is 10.6 Å². The molecule has 0 radical (unpaired) electrons. The van der Waals surface area contributed by atoms with Crippen molar-refractivity contribution in [2.24, 2.45) is 0 Å². The summed E-state index contributed by atoms with van der Waals surface area (Å²) in [5, 5.41) is 7.97. The van der Waals surface area contributed by atoms with Crippen LogP contribution in [0.15, 0.2) is 60.2 Å². The zero-order valence-corrected chi connectivity index (χ0v) is 19.3. The van der Waals surface area contributed by atoms with Crippen molar-refractivity contribution in [3.8, 4) is 0 Å². The van der Waals surface area contributed by atoms with Gasteiger partial charge in [-0.2, -0.15) is 0 Å². The molecule has 2 aliphatic rings. The van der Waals surface area contributed by atoms with Gasteiger partial charge in [-0.3, -0.25) is 4.79 Å². The molecule has 1 amide bonds. The van der Waals surface area contributed by atoms with Crippen molar-refractivity contribution in [3.05, 3.63) is 76.3 Å². The van der Waals surface area contributed by atoms with Crippen molar-refractivity contribution in [1.82, 2.24) is 0 Å². The number of hydrogen-bond acceptors (Lipinski definition) is 6. The van der Waals surface area contributed by atoms with Crippen LogP contribution in [0.1, 0.15) is 25.0 Å². The van der Waals surface area contributed by atoms with Gasteiger partial charge in [0.2, 0.25) is 0 Å². The molecular weight excluding hydrogens is 456 g/mol. The van der Waals surface area contributed by atoms with Crippen LogP contribution >= 0.6 is 11.6 Å². The Morgan fingerprint density at radius 1 is 0.941 bits per heavy atom. The Hall–Kier alpha value is -3.84. The number of benzene rings is 3. The minimum Gasteiger partial charge on any atom is -0.463 e. The highest BCUT2D eigenvalue weighted by Gasteiger charge is 2.58. The van der Waals surface area contributed by atoms with Gasteiger partial charge in [0.15, 0.2) is 5.54 Å². The van der Waals surface area contributed by atoms with Gasteiger partial charge in [-0.1, -0.05) is 54.1 Å². The molecule has 7 nitrogen and oxygen atoms in total. The van der Waals surface area contributed by atoms with Gasteiger partial charge < -0.3 is 20.1 Å². The van der Waals surface area contributed by atoms with E-state index in [4.69, 9.17) is 21.1 Å². The Bertz CT molecular complexity index is 1410. The summed E-state index contributed by atoms with van der Waals surface area (Å²) in [7, 11) is 0. The predicted molar refractivity (Wildman–Crippen MR) is 130 cm³/mol. The number of ether oxygens (including phenoxy) is 2. The van der Waals surface area contributed by atoms with Crippen molar-refractivity contribution in [2.45, 2.75) is 19.4 Å². The second kappa shape index (κ2) is 8.18. The first-order valence-corrected chi connectivity index (χ1v) is 11.3. The number of hydrogen-bond donors (Lipinski definition) is 2. The summed E-state index contributed by atoms with van der Waals surface area (Å²) in [6, 6.07) is 16.2. The van der Waals surface area contributed by atoms with E-state index in [0.717, 1.165) is 10.8 Å². The number of anilines is 2. The van der Waals surface area contributed by atoms with Gasteiger partial charge in [0.25, 0.3) is 5.91 Å². The zero-order chi connectivity index (χ0) is 24.0. The summed E-state index contributed by atoms with van der Waals surface area (Å²) in [5.41, 5.74) is -0.0795. The number of halogens is 1. The predicted octanol–water partition coefficient (Wildman–Crippen LogP) is 4.65. The number of para-hydroxylation sites is 1. The van der Waals surface area contributed by atoms with Gasteiger partial charge in [0.05, 0.1) is 35.1 Å². The molecule has 34 heavy (non-hydrogen) atoms. The average molecular weight is 477 g/mol. The third-order valence-electron chi connectivity index (χ3n) is 6.08. The lowest BCUT2D eigenvalue weighted by molar-refractivity contribution is -0.141. The molecule has 2 heterocycles. The monoisotopic (exact) mass is 476 g/mol. The Balaban J connectivity index is 1.95. The molecule has 8 heteroatoms. The first-order valence-electron chi connectivity index (χ1n) is 10.9. The molecule has 0 bridgehead atoms. The molecule has 1 atom stereocenters. The number of esters is 2. The number of rotatable bonds is 4. The van der Waals surface area contributed by atoms with Crippen molar-refractivity contribution < 1.29 is 23.9 Å². The molecule has 0 aromatic heterocycles. The maximum Gasteiger partial charge on any atom is 0.339 e. The maximum absolute atomic E-state index is 13.7. The minimum atomic E-state index is -1.73. The molecule has 0 fully saturated rings. The van der Waals surface area contributed by atoms with E-state index >= 15 is 0 Å². The van der Waals surface area contributed by atoms with E-state index in [1.807, 2.05) is 30.3 Å². The fourth-order valence-corrected chi connectivity index (χ4v) is 4.98. The Labute approximate surface area is 200 Å². The van der Waals surface area contributed by atoms with Gasteiger partial charge in [-0.05, 0) is 36.8 Å². The fourth-order valence-electron chi connectivity index (χ4n) is 4.75. The molecule has 0 saturated heterocycles. The van der Waals surface area contributed by atoms with Gasteiger partial charge >= 0.3 is 11.9 Å². The summed E-state index contributed by atoms with van der Waals surface area (Å²) in [4.78, 5) is 40.7. The summed E-state index contributed by atoms with van der Waals surface area (Å²) in [5.74, 6) is -2.05. The molecule has 0 saturated carbocycles. The van der Waals surface area contributed by atoms with Gasteiger partial charge in [0, 0.05) is 16.8 Å². The molecule has 3 aromatic rings.